The van der Waals surface area contributed by atoms with Crippen molar-refractivity contribution in [3.8, 4) is 0 Å². The van der Waals surface area contributed by atoms with Crippen molar-refractivity contribution in [1.82, 2.24) is 10.2 Å². The Morgan fingerprint density at radius 3 is 2.83 bits per heavy atom. The monoisotopic (exact) mass is 407 g/mol. The van der Waals surface area contributed by atoms with Crippen LogP contribution in [0.25, 0.3) is 0 Å². The maximum atomic E-state index is 12.3. The molecule has 1 unspecified atom stereocenters. The minimum atomic E-state index is -1.17. The first-order valence-corrected chi connectivity index (χ1v) is 11.1. The smallest absolute Gasteiger partial charge is 0.209 e. The molecule has 3 rings (SSSR count). The standard InChI is InChI=1S/C14H15Cl2N3OS3/c15-10-3-4-11(16)12(9-10)23(20)8-7-21-14-18-17-13(22-14)19-5-1-2-6-19/h3-4,9H,1-2,5-8H2. The molecule has 1 aliphatic rings. The van der Waals surface area contributed by atoms with E-state index < -0.39 is 10.8 Å². The summed E-state index contributed by atoms with van der Waals surface area (Å²) in [6, 6.07) is 5.04. The van der Waals surface area contributed by atoms with E-state index in [2.05, 4.69) is 15.1 Å². The number of thioether (sulfide) groups is 1. The molecule has 1 aromatic heterocycles. The Hall–Kier alpha value is -0.340. The summed E-state index contributed by atoms with van der Waals surface area (Å²) in [5, 5.41) is 10.5. The van der Waals surface area contributed by atoms with Gasteiger partial charge in [-0.15, -0.1) is 10.2 Å². The van der Waals surface area contributed by atoms with E-state index in [1.165, 1.54) is 12.8 Å². The Morgan fingerprint density at radius 2 is 2.04 bits per heavy atom. The van der Waals surface area contributed by atoms with Gasteiger partial charge in [-0.05, 0) is 31.0 Å². The molecule has 0 spiro atoms. The number of benzene rings is 1. The minimum absolute atomic E-state index is 0.491. The molecular formula is C14H15Cl2N3OS3. The third-order valence-corrected chi connectivity index (χ3v) is 7.86. The van der Waals surface area contributed by atoms with Crippen LogP contribution in [-0.4, -0.2) is 39.0 Å². The molecular weight excluding hydrogens is 393 g/mol. The van der Waals surface area contributed by atoms with E-state index in [9.17, 15) is 4.21 Å². The molecule has 0 aliphatic carbocycles. The van der Waals surface area contributed by atoms with Crippen molar-refractivity contribution in [2.45, 2.75) is 22.1 Å². The molecule has 0 amide bonds. The maximum absolute atomic E-state index is 12.3. The van der Waals surface area contributed by atoms with E-state index in [0.29, 0.717) is 26.4 Å². The number of aromatic nitrogens is 2. The highest BCUT2D eigenvalue weighted by Crippen LogP contribution is 2.30. The van der Waals surface area contributed by atoms with Gasteiger partial charge >= 0.3 is 0 Å². The lowest BCUT2D eigenvalue weighted by Crippen LogP contribution is -2.17. The van der Waals surface area contributed by atoms with Crippen LogP contribution in [0.1, 0.15) is 12.8 Å². The van der Waals surface area contributed by atoms with Gasteiger partial charge in [0, 0.05) is 29.6 Å². The highest BCUT2D eigenvalue weighted by Gasteiger charge is 2.17. The molecule has 1 fully saturated rings. The molecule has 0 radical (unpaired) electrons. The molecule has 2 aromatic rings. The second-order valence-electron chi connectivity index (χ2n) is 5.02. The van der Waals surface area contributed by atoms with Crippen molar-refractivity contribution in [1.29, 1.82) is 0 Å². The average Bonchev–Trinajstić information content (AvgIpc) is 3.20. The van der Waals surface area contributed by atoms with E-state index >= 15 is 0 Å². The molecule has 0 saturated carbocycles. The molecule has 23 heavy (non-hydrogen) atoms. The second-order valence-corrected chi connectivity index (χ2v) is 9.70. The van der Waals surface area contributed by atoms with E-state index in [-0.39, 0.29) is 0 Å². The number of anilines is 1. The van der Waals surface area contributed by atoms with Crippen LogP contribution in [0.5, 0.6) is 0 Å². The zero-order valence-electron chi connectivity index (χ0n) is 12.2. The fraction of sp³-hybridized carbons (Fsp3) is 0.429. The molecule has 1 aliphatic heterocycles. The number of hydrogen-bond donors (Lipinski definition) is 0. The van der Waals surface area contributed by atoms with Gasteiger partial charge < -0.3 is 4.90 Å². The van der Waals surface area contributed by atoms with Crippen molar-refractivity contribution in [3.63, 3.8) is 0 Å². The average molecular weight is 408 g/mol. The topological polar surface area (TPSA) is 46.1 Å². The predicted molar refractivity (Wildman–Crippen MR) is 99.8 cm³/mol. The van der Waals surface area contributed by atoms with Crippen LogP contribution in [0.15, 0.2) is 27.4 Å². The van der Waals surface area contributed by atoms with E-state index in [1.807, 2.05) is 0 Å². The largest absolute Gasteiger partial charge is 0.347 e. The summed E-state index contributed by atoms with van der Waals surface area (Å²) in [7, 11) is -1.17. The summed E-state index contributed by atoms with van der Waals surface area (Å²) in [4.78, 5) is 2.86. The quantitative estimate of drug-likeness (QED) is 0.666. The number of hydrogen-bond acceptors (Lipinski definition) is 6. The van der Waals surface area contributed by atoms with Crippen LogP contribution in [0.3, 0.4) is 0 Å². The first kappa shape index (κ1) is 17.5. The fourth-order valence-electron chi connectivity index (χ4n) is 2.26. The summed E-state index contributed by atoms with van der Waals surface area (Å²) in [5.41, 5.74) is 0. The summed E-state index contributed by atoms with van der Waals surface area (Å²) in [5.74, 6) is 1.20. The fourth-order valence-corrected chi connectivity index (χ4v) is 6.19. The summed E-state index contributed by atoms with van der Waals surface area (Å²) in [6.45, 7) is 2.13. The first-order valence-electron chi connectivity index (χ1n) is 7.18. The molecule has 9 heteroatoms. The highest BCUT2D eigenvalue weighted by atomic mass is 35.5. The zero-order valence-corrected chi connectivity index (χ0v) is 16.2. The van der Waals surface area contributed by atoms with Gasteiger partial charge in [0.05, 0.1) is 20.7 Å². The molecule has 1 aromatic carbocycles. The molecule has 4 nitrogen and oxygen atoms in total. The third-order valence-electron chi connectivity index (χ3n) is 3.41. The summed E-state index contributed by atoms with van der Waals surface area (Å²) < 4.78 is 13.3. The van der Waals surface area contributed by atoms with Gasteiger partial charge in [0.15, 0.2) is 4.34 Å². The molecule has 1 atom stereocenters. The van der Waals surface area contributed by atoms with Gasteiger partial charge in [-0.25, -0.2) is 0 Å². The lowest BCUT2D eigenvalue weighted by Gasteiger charge is -2.10. The second kappa shape index (κ2) is 8.16. The Bertz CT molecular complexity index is 704. The highest BCUT2D eigenvalue weighted by molar-refractivity contribution is 8.01. The molecule has 0 bridgehead atoms. The van der Waals surface area contributed by atoms with Crippen LogP contribution in [-0.2, 0) is 10.8 Å². The van der Waals surface area contributed by atoms with Gasteiger partial charge in [-0.3, -0.25) is 4.21 Å². The van der Waals surface area contributed by atoms with Gasteiger partial charge in [0.25, 0.3) is 0 Å². The Balaban J connectivity index is 1.53. The minimum Gasteiger partial charge on any atom is -0.347 e. The Kier molecular flexibility index (Phi) is 6.20. The van der Waals surface area contributed by atoms with Crippen molar-refractivity contribution in [3.05, 3.63) is 28.2 Å². The van der Waals surface area contributed by atoms with Crippen molar-refractivity contribution >= 4 is 62.2 Å². The van der Waals surface area contributed by atoms with E-state index in [1.54, 1.807) is 41.3 Å². The number of rotatable bonds is 6. The molecule has 0 N–H and O–H groups in total. The van der Waals surface area contributed by atoms with Gasteiger partial charge in [0.1, 0.15) is 0 Å². The third kappa shape index (κ3) is 4.60. The van der Waals surface area contributed by atoms with Gasteiger partial charge in [-0.1, -0.05) is 46.3 Å². The van der Waals surface area contributed by atoms with Gasteiger partial charge in [-0.2, -0.15) is 0 Å². The summed E-state index contributed by atoms with van der Waals surface area (Å²) >= 11 is 15.2. The SMILES string of the molecule is O=S(CCSc1nnc(N2CCCC2)s1)c1cc(Cl)ccc1Cl. The molecule has 124 valence electrons. The molecule has 2 heterocycles. The van der Waals surface area contributed by atoms with Crippen molar-refractivity contribution in [2.24, 2.45) is 0 Å². The number of nitrogens with zero attached hydrogens (tertiary/aromatic N) is 3. The predicted octanol–water partition coefficient (Wildman–Crippen LogP) is 4.35. The number of halogens is 2. The van der Waals surface area contributed by atoms with Crippen LogP contribution < -0.4 is 4.90 Å². The van der Waals surface area contributed by atoms with E-state index in [4.69, 9.17) is 23.2 Å². The first-order chi connectivity index (χ1) is 11.1. The van der Waals surface area contributed by atoms with Crippen LogP contribution in [0.4, 0.5) is 5.13 Å². The normalized spacial score (nSPS) is 16.0. The lowest BCUT2D eigenvalue weighted by atomic mass is 10.4. The van der Waals surface area contributed by atoms with Crippen molar-refractivity contribution in [2.75, 3.05) is 29.5 Å². The van der Waals surface area contributed by atoms with Gasteiger partial charge in [0.2, 0.25) is 5.13 Å². The van der Waals surface area contributed by atoms with Crippen LogP contribution in [0, 0.1) is 0 Å². The summed E-state index contributed by atoms with van der Waals surface area (Å²) in [6.07, 6.45) is 2.45. The van der Waals surface area contributed by atoms with E-state index in [0.717, 1.165) is 22.6 Å². The van der Waals surface area contributed by atoms with Crippen LogP contribution in [0.2, 0.25) is 10.0 Å². The Labute approximate surface area is 156 Å². The van der Waals surface area contributed by atoms with Crippen LogP contribution >= 0.6 is 46.3 Å². The molecule has 1 saturated heterocycles. The Morgan fingerprint density at radius 1 is 1.26 bits per heavy atom. The zero-order chi connectivity index (χ0) is 16.2. The maximum Gasteiger partial charge on any atom is 0.209 e. The van der Waals surface area contributed by atoms with Crippen molar-refractivity contribution < 1.29 is 4.21 Å². The lowest BCUT2D eigenvalue weighted by molar-refractivity contribution is 0.684.